The van der Waals surface area contributed by atoms with E-state index < -0.39 is 0 Å². The monoisotopic (exact) mass is 408 g/mol. The van der Waals surface area contributed by atoms with Gasteiger partial charge in [0.1, 0.15) is 16.9 Å². The van der Waals surface area contributed by atoms with E-state index in [0.717, 1.165) is 40.2 Å². The molecule has 6 heteroatoms. The normalized spacial score (nSPS) is 16.9. The lowest BCUT2D eigenvalue weighted by Gasteiger charge is -2.36. The van der Waals surface area contributed by atoms with Crippen LogP contribution in [0.2, 0.25) is 0 Å². The van der Waals surface area contributed by atoms with Crippen LogP contribution >= 0.6 is 11.3 Å². The first kappa shape index (κ1) is 19.8. The van der Waals surface area contributed by atoms with Gasteiger partial charge in [0.05, 0.1) is 18.7 Å². The first-order valence-electron chi connectivity index (χ1n) is 10.2. The van der Waals surface area contributed by atoms with E-state index in [2.05, 4.69) is 41.3 Å². The van der Waals surface area contributed by atoms with Crippen LogP contribution < -0.4 is 10.2 Å². The number of hydrogen-bond donors (Lipinski definition) is 1. The fourth-order valence-electron chi connectivity index (χ4n) is 4.04. The van der Waals surface area contributed by atoms with Gasteiger partial charge in [-0.3, -0.25) is 5.43 Å². The Morgan fingerprint density at radius 1 is 1.34 bits per heavy atom. The molecule has 0 unspecified atom stereocenters. The molecule has 152 valence electrons. The zero-order chi connectivity index (χ0) is 20.4. The number of aryl methyl sites for hydroxylation is 1. The molecule has 1 atom stereocenters. The Labute approximate surface area is 176 Å². The number of methoxy groups -OCH3 is 1. The summed E-state index contributed by atoms with van der Waals surface area (Å²) in [6.07, 6.45) is 8.10. The Morgan fingerprint density at radius 3 is 3.00 bits per heavy atom. The van der Waals surface area contributed by atoms with Gasteiger partial charge in [0.15, 0.2) is 5.82 Å². The first-order valence-corrected chi connectivity index (χ1v) is 11.0. The molecule has 5 nitrogen and oxygen atoms in total. The molecule has 2 aromatic heterocycles. The molecule has 29 heavy (non-hydrogen) atoms. The number of ether oxygens (including phenoxy) is 1. The summed E-state index contributed by atoms with van der Waals surface area (Å²) in [5.41, 5.74) is 5.90. The van der Waals surface area contributed by atoms with E-state index in [4.69, 9.17) is 4.74 Å². The van der Waals surface area contributed by atoms with Crippen molar-refractivity contribution in [2.24, 2.45) is 16.4 Å². The smallest absolute Gasteiger partial charge is 0.158 e. The van der Waals surface area contributed by atoms with Gasteiger partial charge in [0.2, 0.25) is 0 Å². The van der Waals surface area contributed by atoms with Crippen LogP contribution in [-0.4, -0.2) is 23.3 Å². The molecular weight excluding hydrogens is 380 g/mol. The van der Waals surface area contributed by atoms with Crippen LogP contribution in [0.3, 0.4) is 0 Å². The van der Waals surface area contributed by atoms with Gasteiger partial charge in [-0.2, -0.15) is 5.10 Å². The summed E-state index contributed by atoms with van der Waals surface area (Å²) in [5, 5.41) is 5.58. The van der Waals surface area contributed by atoms with E-state index in [1.807, 2.05) is 35.6 Å². The number of benzene rings is 1. The number of hydrogen-bond acceptors (Lipinski definition) is 6. The van der Waals surface area contributed by atoms with Gasteiger partial charge in [0.25, 0.3) is 0 Å². The van der Waals surface area contributed by atoms with Gasteiger partial charge in [-0.1, -0.05) is 39.3 Å². The van der Waals surface area contributed by atoms with Gasteiger partial charge in [-0.15, -0.1) is 11.3 Å². The van der Waals surface area contributed by atoms with Gasteiger partial charge in [0, 0.05) is 4.88 Å². The summed E-state index contributed by atoms with van der Waals surface area (Å²) in [4.78, 5) is 11.6. The molecule has 4 rings (SSSR count). The summed E-state index contributed by atoms with van der Waals surface area (Å²) in [7, 11) is 1.67. The van der Waals surface area contributed by atoms with E-state index in [9.17, 15) is 0 Å². The lowest BCUT2D eigenvalue weighted by Crippen LogP contribution is -2.28. The van der Waals surface area contributed by atoms with Gasteiger partial charge in [-0.25, -0.2) is 9.97 Å². The fourth-order valence-corrected chi connectivity index (χ4v) is 5.22. The van der Waals surface area contributed by atoms with Gasteiger partial charge < -0.3 is 4.74 Å². The Morgan fingerprint density at radius 2 is 2.21 bits per heavy atom. The summed E-state index contributed by atoms with van der Waals surface area (Å²) >= 11 is 1.81. The van der Waals surface area contributed by atoms with Crippen molar-refractivity contribution in [2.75, 3.05) is 12.5 Å². The summed E-state index contributed by atoms with van der Waals surface area (Å²) in [6, 6.07) is 7.82. The van der Waals surface area contributed by atoms with Crippen molar-refractivity contribution in [1.29, 1.82) is 0 Å². The van der Waals surface area contributed by atoms with Crippen molar-refractivity contribution < 1.29 is 4.74 Å². The quantitative estimate of drug-likeness (QED) is 0.421. The number of thiophene rings is 1. The predicted molar refractivity (Wildman–Crippen MR) is 121 cm³/mol. The Kier molecular flexibility index (Phi) is 5.54. The highest BCUT2D eigenvalue weighted by molar-refractivity contribution is 7.19. The standard InChI is InChI=1S/C23H28N4OS/c1-5-23(2,3)16-9-10-19-18(12-16)20-21(24-14-25-22(20)29-19)27-26-13-15-7-6-8-17(11-15)28-4/h6-8,11,13-14,16H,5,9-10,12H2,1-4H3,(H,24,25,27)/b26-13-/t16-/m0/s1. The maximum atomic E-state index is 5.27. The van der Waals surface area contributed by atoms with Crippen LogP contribution in [0.15, 0.2) is 35.7 Å². The molecule has 0 spiro atoms. The molecular formula is C23H28N4OS. The Bertz CT molecular complexity index is 1040. The number of hydrazone groups is 1. The number of aromatic nitrogens is 2. The molecule has 0 aliphatic heterocycles. The van der Waals surface area contributed by atoms with Crippen molar-refractivity contribution in [3.63, 3.8) is 0 Å². The largest absolute Gasteiger partial charge is 0.497 e. The number of fused-ring (bicyclic) bond motifs is 3. The lowest BCUT2D eigenvalue weighted by molar-refractivity contribution is 0.184. The van der Waals surface area contributed by atoms with Gasteiger partial charge in [-0.05, 0) is 53.9 Å². The Hall–Kier alpha value is -2.47. The third-order valence-corrected chi connectivity index (χ3v) is 7.54. The average molecular weight is 409 g/mol. The highest BCUT2D eigenvalue weighted by Gasteiger charge is 2.33. The number of anilines is 1. The second kappa shape index (κ2) is 8.11. The minimum absolute atomic E-state index is 0.347. The number of nitrogens with zero attached hydrogens (tertiary/aromatic N) is 3. The van der Waals surface area contributed by atoms with E-state index in [1.54, 1.807) is 19.7 Å². The van der Waals surface area contributed by atoms with Crippen molar-refractivity contribution >= 4 is 33.6 Å². The molecule has 0 radical (unpaired) electrons. The lowest BCUT2D eigenvalue weighted by atomic mass is 9.69. The topological polar surface area (TPSA) is 59.4 Å². The maximum absolute atomic E-state index is 5.27. The minimum Gasteiger partial charge on any atom is -0.497 e. The Balaban J connectivity index is 1.62. The van der Waals surface area contributed by atoms with Gasteiger partial charge >= 0.3 is 0 Å². The molecule has 0 saturated carbocycles. The third kappa shape index (κ3) is 3.99. The van der Waals surface area contributed by atoms with E-state index in [0.29, 0.717) is 11.3 Å². The summed E-state index contributed by atoms with van der Waals surface area (Å²) in [6.45, 7) is 7.08. The second-order valence-electron chi connectivity index (χ2n) is 8.33. The highest BCUT2D eigenvalue weighted by Crippen LogP contribution is 2.45. The average Bonchev–Trinajstić information content (AvgIpc) is 3.12. The van der Waals surface area contributed by atoms with Crippen LogP contribution in [0, 0.1) is 11.3 Å². The number of nitrogens with one attached hydrogen (secondary N) is 1. The molecule has 1 aromatic carbocycles. The van der Waals surface area contributed by atoms with Crippen molar-refractivity contribution in [1.82, 2.24) is 9.97 Å². The molecule has 2 heterocycles. The van der Waals surface area contributed by atoms with Crippen LogP contribution in [0.4, 0.5) is 5.82 Å². The SMILES string of the molecule is CCC(C)(C)[C@H]1CCc2sc3ncnc(N/N=C\c4cccc(OC)c4)c3c2C1. The summed E-state index contributed by atoms with van der Waals surface area (Å²) in [5.74, 6) is 2.29. The molecule has 0 amide bonds. The molecule has 3 aromatic rings. The van der Waals surface area contributed by atoms with E-state index in [-0.39, 0.29) is 0 Å². The highest BCUT2D eigenvalue weighted by atomic mass is 32.1. The first-order chi connectivity index (χ1) is 14.0. The zero-order valence-corrected chi connectivity index (χ0v) is 18.3. The van der Waals surface area contributed by atoms with Crippen molar-refractivity contribution in [2.45, 2.75) is 46.5 Å². The number of rotatable bonds is 6. The summed E-state index contributed by atoms with van der Waals surface area (Å²) < 4.78 is 5.27. The molecule has 1 aliphatic rings. The van der Waals surface area contributed by atoms with E-state index >= 15 is 0 Å². The molecule has 0 fully saturated rings. The fraction of sp³-hybridized carbons (Fsp3) is 0.435. The van der Waals surface area contributed by atoms with Crippen LogP contribution in [-0.2, 0) is 12.8 Å². The molecule has 0 bridgehead atoms. The van der Waals surface area contributed by atoms with Crippen molar-refractivity contribution in [3.8, 4) is 5.75 Å². The van der Waals surface area contributed by atoms with E-state index in [1.165, 1.54) is 23.3 Å². The second-order valence-corrected chi connectivity index (χ2v) is 9.42. The van der Waals surface area contributed by atoms with Crippen LogP contribution in [0.1, 0.15) is 49.6 Å². The maximum Gasteiger partial charge on any atom is 0.158 e. The minimum atomic E-state index is 0.347. The molecule has 1 aliphatic carbocycles. The van der Waals surface area contributed by atoms with Crippen molar-refractivity contribution in [3.05, 3.63) is 46.6 Å². The zero-order valence-electron chi connectivity index (χ0n) is 17.5. The van der Waals surface area contributed by atoms with Crippen LogP contribution in [0.25, 0.3) is 10.2 Å². The molecule has 0 saturated heterocycles. The predicted octanol–water partition coefficient (Wildman–Crippen LogP) is 5.69. The van der Waals surface area contributed by atoms with Crippen LogP contribution in [0.5, 0.6) is 5.75 Å². The molecule has 1 N–H and O–H groups in total. The third-order valence-electron chi connectivity index (χ3n) is 6.34.